The minimum atomic E-state index is -5.08. The van der Waals surface area contributed by atoms with E-state index in [0.717, 1.165) is 41.8 Å². The third-order valence-corrected chi connectivity index (χ3v) is 6.12. The number of benzene rings is 2. The van der Waals surface area contributed by atoms with Gasteiger partial charge in [-0.2, -0.15) is 31.4 Å². The number of aromatic amines is 1. The Kier molecular flexibility index (Phi) is 12.3. The Labute approximate surface area is 240 Å². The molecule has 0 bridgehead atoms. The fourth-order valence-electron chi connectivity index (χ4n) is 4.08. The Bertz CT molecular complexity index is 1340. The number of nitrogens with zero attached hydrogens (tertiary/aromatic N) is 2. The number of halogens is 6. The SMILES string of the molecule is COCCN1C[C@H](NC(=O)Nc2ccc(C)c3cn[nH]c23)[C@@H](c2ccccc2)C1.O=C(O)C(F)(F)F.O=C(O)C(F)(F)F. The number of fused-ring (bicyclic) bond motifs is 1. The summed E-state index contributed by atoms with van der Waals surface area (Å²) in [5.74, 6) is -5.27. The molecule has 0 aliphatic carbocycles. The van der Waals surface area contributed by atoms with Crippen molar-refractivity contribution >= 4 is 34.6 Å². The van der Waals surface area contributed by atoms with Crippen molar-refractivity contribution in [2.45, 2.75) is 31.2 Å². The molecule has 17 heteroatoms. The van der Waals surface area contributed by atoms with Gasteiger partial charge in [0.15, 0.2) is 0 Å². The maximum Gasteiger partial charge on any atom is 0.490 e. The molecule has 4 rings (SSSR count). The number of carboxylic acids is 2. The van der Waals surface area contributed by atoms with E-state index < -0.39 is 24.3 Å². The number of methoxy groups -OCH3 is 1. The van der Waals surface area contributed by atoms with Gasteiger partial charge in [0.1, 0.15) is 0 Å². The van der Waals surface area contributed by atoms with E-state index in [1.54, 1.807) is 13.3 Å². The third kappa shape index (κ3) is 10.8. The molecule has 2 amide bonds. The van der Waals surface area contributed by atoms with Crippen LogP contribution in [0, 0.1) is 6.92 Å². The average molecular weight is 622 g/mol. The number of hydrogen-bond acceptors (Lipinski definition) is 6. The lowest BCUT2D eigenvalue weighted by atomic mass is 9.94. The smallest absolute Gasteiger partial charge is 0.475 e. The lowest BCUT2D eigenvalue weighted by Crippen LogP contribution is -2.42. The summed E-state index contributed by atoms with van der Waals surface area (Å²) in [7, 11) is 1.71. The predicted octanol–water partition coefficient (Wildman–Crippen LogP) is 4.37. The molecule has 2 aromatic carbocycles. The first kappa shape index (κ1) is 34.8. The molecule has 1 aromatic heterocycles. The van der Waals surface area contributed by atoms with Crippen molar-refractivity contribution in [3.05, 3.63) is 59.8 Å². The molecule has 5 N–H and O–H groups in total. The van der Waals surface area contributed by atoms with Gasteiger partial charge in [0.05, 0.1) is 30.0 Å². The molecule has 236 valence electrons. The van der Waals surface area contributed by atoms with Crippen LogP contribution in [0.2, 0.25) is 0 Å². The number of amides is 2. The summed E-state index contributed by atoms with van der Waals surface area (Å²) in [5.41, 5.74) is 3.93. The number of aliphatic carboxylic acids is 2. The summed E-state index contributed by atoms with van der Waals surface area (Å²) >= 11 is 0. The summed E-state index contributed by atoms with van der Waals surface area (Å²) < 4.78 is 68.7. The van der Waals surface area contributed by atoms with Crippen molar-refractivity contribution in [1.82, 2.24) is 20.4 Å². The molecule has 1 aliphatic rings. The molecule has 2 heterocycles. The molecule has 1 saturated heterocycles. The lowest BCUT2D eigenvalue weighted by Gasteiger charge is -2.20. The Morgan fingerprint density at radius 3 is 2.12 bits per heavy atom. The highest BCUT2D eigenvalue weighted by Gasteiger charge is 2.39. The quantitative estimate of drug-likeness (QED) is 0.254. The first-order chi connectivity index (χ1) is 20.0. The van der Waals surface area contributed by atoms with Crippen LogP contribution >= 0.6 is 0 Å². The van der Waals surface area contributed by atoms with Gasteiger partial charge in [-0.15, -0.1) is 0 Å². The molecule has 3 aromatic rings. The normalized spacial score (nSPS) is 16.8. The van der Waals surface area contributed by atoms with E-state index in [1.807, 2.05) is 37.3 Å². The highest BCUT2D eigenvalue weighted by Crippen LogP contribution is 2.28. The average Bonchev–Trinajstić information content (AvgIpc) is 3.57. The van der Waals surface area contributed by atoms with Crippen LogP contribution in [0.5, 0.6) is 0 Å². The Morgan fingerprint density at radius 2 is 1.58 bits per heavy atom. The number of aromatic nitrogens is 2. The summed E-state index contributed by atoms with van der Waals surface area (Å²) in [6.45, 7) is 5.25. The lowest BCUT2D eigenvalue weighted by molar-refractivity contribution is -0.193. The van der Waals surface area contributed by atoms with Crippen molar-refractivity contribution in [2.24, 2.45) is 0 Å². The number of carboxylic acid groups (broad SMARTS) is 2. The van der Waals surface area contributed by atoms with Crippen molar-refractivity contribution in [3.8, 4) is 0 Å². The van der Waals surface area contributed by atoms with Crippen LogP contribution in [-0.2, 0) is 14.3 Å². The van der Waals surface area contributed by atoms with Crippen LogP contribution in [0.4, 0.5) is 36.8 Å². The van der Waals surface area contributed by atoms with Crippen LogP contribution in [-0.4, -0.2) is 95.0 Å². The van der Waals surface area contributed by atoms with Gasteiger partial charge in [-0.1, -0.05) is 36.4 Å². The Morgan fingerprint density at radius 1 is 1.00 bits per heavy atom. The summed E-state index contributed by atoms with van der Waals surface area (Å²) in [5, 5.41) is 28.5. The molecular weight excluding hydrogens is 592 g/mol. The molecule has 11 nitrogen and oxygen atoms in total. The second-order valence-electron chi connectivity index (χ2n) is 9.17. The maximum absolute atomic E-state index is 12.8. The number of carbonyl (C=O) groups excluding carboxylic acids is 1. The molecule has 2 atom stereocenters. The zero-order chi connectivity index (χ0) is 32.4. The zero-order valence-electron chi connectivity index (χ0n) is 22.8. The number of aryl methyl sites for hydroxylation is 1. The number of H-pyrrole nitrogens is 1. The molecule has 43 heavy (non-hydrogen) atoms. The van der Waals surface area contributed by atoms with Gasteiger partial charge >= 0.3 is 30.3 Å². The van der Waals surface area contributed by atoms with Crippen LogP contribution in [0.25, 0.3) is 10.9 Å². The first-order valence-electron chi connectivity index (χ1n) is 12.4. The minimum Gasteiger partial charge on any atom is -0.475 e. The molecule has 1 fully saturated rings. The topological polar surface area (TPSA) is 157 Å². The van der Waals surface area contributed by atoms with E-state index in [4.69, 9.17) is 24.5 Å². The largest absolute Gasteiger partial charge is 0.490 e. The van der Waals surface area contributed by atoms with Gasteiger partial charge in [-0.05, 0) is 24.1 Å². The number of hydrogen-bond donors (Lipinski definition) is 5. The molecule has 0 radical (unpaired) electrons. The Balaban J connectivity index is 0.000000384. The fourth-order valence-corrected chi connectivity index (χ4v) is 4.08. The Hall–Kier alpha value is -4.38. The van der Waals surface area contributed by atoms with E-state index >= 15 is 0 Å². The molecular formula is C26H29F6N5O6. The predicted molar refractivity (Wildman–Crippen MR) is 142 cm³/mol. The van der Waals surface area contributed by atoms with Crippen molar-refractivity contribution < 1.29 is 55.7 Å². The van der Waals surface area contributed by atoms with Crippen LogP contribution in [0.1, 0.15) is 17.0 Å². The number of urea groups is 1. The highest BCUT2D eigenvalue weighted by atomic mass is 19.4. The van der Waals surface area contributed by atoms with E-state index in [-0.39, 0.29) is 18.0 Å². The summed E-state index contributed by atoms with van der Waals surface area (Å²) in [6.07, 6.45) is -8.39. The number of anilines is 1. The van der Waals surface area contributed by atoms with Gasteiger partial charge in [0.2, 0.25) is 0 Å². The highest BCUT2D eigenvalue weighted by molar-refractivity contribution is 6.00. The first-order valence-corrected chi connectivity index (χ1v) is 12.4. The van der Waals surface area contributed by atoms with E-state index in [2.05, 4.69) is 37.9 Å². The van der Waals surface area contributed by atoms with Gasteiger partial charge in [-0.25, -0.2) is 14.4 Å². The molecule has 1 aliphatic heterocycles. The standard InChI is InChI=1S/C22H27N5O2.2C2HF3O2/c1-15-8-9-19(21-17(15)12-23-26-21)24-22(28)25-20-14-27(10-11-29-2)13-18(20)16-6-4-3-5-7-16;2*3-2(4,5)1(6)7/h3-9,12,18,20H,10-11,13-14H2,1-2H3,(H,23,26)(H2,24,25,28);2*(H,6,7)/t18-,20+;;/m1../s1. The number of likely N-dealkylation sites (tertiary alicyclic amines) is 1. The molecule has 0 unspecified atom stereocenters. The summed E-state index contributed by atoms with van der Waals surface area (Å²) in [6, 6.07) is 14.1. The van der Waals surface area contributed by atoms with Gasteiger partial charge in [0.25, 0.3) is 0 Å². The fraction of sp³-hybridized carbons (Fsp3) is 0.385. The van der Waals surface area contributed by atoms with Gasteiger partial charge in [0, 0.05) is 38.0 Å². The number of nitrogens with one attached hydrogen (secondary N) is 3. The van der Waals surface area contributed by atoms with E-state index in [9.17, 15) is 31.1 Å². The van der Waals surface area contributed by atoms with Gasteiger partial charge < -0.3 is 25.6 Å². The second-order valence-corrected chi connectivity index (χ2v) is 9.17. The minimum absolute atomic E-state index is 0.0250. The van der Waals surface area contributed by atoms with Crippen molar-refractivity contribution in [2.75, 3.05) is 38.7 Å². The molecule has 0 saturated carbocycles. The number of alkyl halides is 6. The maximum atomic E-state index is 12.8. The van der Waals surface area contributed by atoms with Gasteiger partial charge in [-0.3, -0.25) is 10.00 Å². The molecule has 0 spiro atoms. The van der Waals surface area contributed by atoms with Crippen LogP contribution in [0.15, 0.2) is 48.7 Å². The van der Waals surface area contributed by atoms with Crippen LogP contribution in [0.3, 0.4) is 0 Å². The number of carbonyl (C=O) groups is 3. The third-order valence-electron chi connectivity index (χ3n) is 6.12. The summed E-state index contributed by atoms with van der Waals surface area (Å²) in [4.78, 5) is 32.9. The second kappa shape index (κ2) is 15.2. The van der Waals surface area contributed by atoms with E-state index in [0.29, 0.717) is 6.61 Å². The monoisotopic (exact) mass is 621 g/mol. The van der Waals surface area contributed by atoms with Crippen molar-refractivity contribution in [3.63, 3.8) is 0 Å². The van der Waals surface area contributed by atoms with Crippen molar-refractivity contribution in [1.29, 1.82) is 0 Å². The van der Waals surface area contributed by atoms with Crippen LogP contribution < -0.4 is 10.6 Å². The number of rotatable bonds is 6. The van der Waals surface area contributed by atoms with E-state index in [1.165, 1.54) is 5.56 Å². The zero-order valence-corrected chi connectivity index (χ0v) is 22.8. The number of ether oxygens (including phenoxy) is 1.